The van der Waals surface area contributed by atoms with Crippen LogP contribution >= 0.6 is 0 Å². The maximum Gasteiger partial charge on any atom is 0.344 e. The van der Waals surface area contributed by atoms with Crippen molar-refractivity contribution in [3.8, 4) is 0 Å². The van der Waals surface area contributed by atoms with Crippen LogP contribution in [0.3, 0.4) is 0 Å². The van der Waals surface area contributed by atoms with Crippen LogP contribution in [0.4, 0.5) is 0 Å². The van der Waals surface area contributed by atoms with Crippen LogP contribution in [-0.2, 0) is 124 Å². The molecule has 26 heteroatoms. The van der Waals surface area contributed by atoms with Crippen molar-refractivity contribution in [1.29, 1.82) is 0 Å². The van der Waals surface area contributed by atoms with Gasteiger partial charge in [0.25, 0.3) is 0 Å². The van der Waals surface area contributed by atoms with Gasteiger partial charge in [-0.15, -0.1) is 0 Å². The number of hydrogen-bond acceptors (Lipinski definition) is 26. The number of ether oxygens (including phenoxy) is 14. The molecule has 0 spiro atoms. The summed E-state index contributed by atoms with van der Waals surface area (Å²) in [5.74, 6) is -5.23. The van der Waals surface area contributed by atoms with E-state index < -0.39 is 101 Å². The van der Waals surface area contributed by atoms with E-state index in [0.717, 1.165) is 161 Å². The highest BCUT2D eigenvalue weighted by molar-refractivity contribution is 5.83. The summed E-state index contributed by atoms with van der Waals surface area (Å²) in [6.07, 6.45) is 27.3. The van der Waals surface area contributed by atoms with Crippen molar-refractivity contribution in [3.63, 3.8) is 0 Å². The van der Waals surface area contributed by atoms with E-state index in [1.54, 1.807) is 27.7 Å². The van der Waals surface area contributed by atoms with Gasteiger partial charge < -0.3 is 66.3 Å². The molecular formula is C83H142O26. The van der Waals surface area contributed by atoms with Crippen LogP contribution in [0.5, 0.6) is 0 Å². The van der Waals surface area contributed by atoms with Crippen molar-refractivity contribution in [2.24, 2.45) is 27.1 Å². The van der Waals surface area contributed by atoms with Crippen LogP contribution in [0.1, 0.15) is 331 Å². The molecule has 5 aliphatic carbocycles. The van der Waals surface area contributed by atoms with Gasteiger partial charge in [0, 0.05) is 0 Å². The van der Waals surface area contributed by atoms with Gasteiger partial charge >= 0.3 is 71.6 Å². The van der Waals surface area contributed by atoms with Gasteiger partial charge in [0.1, 0.15) is 61.0 Å². The number of carbonyl (C=O) groups excluding carboxylic acids is 12. The van der Waals surface area contributed by atoms with Gasteiger partial charge in [-0.1, -0.05) is 61.3 Å². The Bertz CT molecular complexity index is 2800. The maximum absolute atomic E-state index is 11.9. The highest BCUT2D eigenvalue weighted by Gasteiger charge is 2.39. The normalized spacial score (nSPS) is 17.4. The summed E-state index contributed by atoms with van der Waals surface area (Å²) in [6, 6.07) is 0. The number of rotatable bonds is 38. The van der Waals surface area contributed by atoms with Crippen molar-refractivity contribution in [2.45, 2.75) is 359 Å². The van der Waals surface area contributed by atoms with E-state index in [4.69, 9.17) is 66.3 Å². The van der Waals surface area contributed by atoms with E-state index in [1.807, 2.05) is 104 Å². The van der Waals surface area contributed by atoms with E-state index >= 15 is 0 Å². The third-order valence-electron chi connectivity index (χ3n) is 22.0. The minimum atomic E-state index is -0.756. The quantitative estimate of drug-likeness (QED) is 0.0315. The Morgan fingerprint density at radius 2 is 0.477 bits per heavy atom. The number of esters is 12. The molecule has 109 heavy (non-hydrogen) atoms. The Balaban J connectivity index is 0.000000683. The molecule has 0 bridgehead atoms. The van der Waals surface area contributed by atoms with Gasteiger partial charge in [-0.25, -0.2) is 28.8 Å². The summed E-state index contributed by atoms with van der Waals surface area (Å²) in [7, 11) is 0. The van der Waals surface area contributed by atoms with Gasteiger partial charge in [0.15, 0.2) is 26.4 Å². The molecule has 0 aromatic carbocycles. The topological polar surface area (TPSA) is 334 Å². The first kappa shape index (κ1) is 101. The SMILES string of the molecule is CCC(C)(C)C(=O)OCC(=O)OCC(=O)OC1(C)CCCC1.CCC(C)(C)C(=O)OCCC(=O)OC1(C)CCCC1.CCC(C)(C)C(=O)OCCOCC(=O)OC1(C)CCCC1.CCC1(OC(=O)COC(=O)COC(=O)C(C)(C)CC)CCCCC1.CCC1(OC(=O)COCCOC(=O)C(C)(C)CC)CCCCC1. The summed E-state index contributed by atoms with van der Waals surface area (Å²) in [4.78, 5) is 141. The van der Waals surface area contributed by atoms with E-state index in [0.29, 0.717) is 19.3 Å². The molecule has 630 valence electrons. The molecule has 5 saturated carbocycles. The predicted octanol–water partition coefficient (Wildman–Crippen LogP) is 15.3. The van der Waals surface area contributed by atoms with Crippen LogP contribution in [0.2, 0.25) is 0 Å². The average Bonchev–Trinajstić information content (AvgIpc) is 1.72. The zero-order valence-electron chi connectivity index (χ0n) is 70.6. The molecule has 0 radical (unpaired) electrons. The molecule has 5 fully saturated rings. The van der Waals surface area contributed by atoms with Crippen LogP contribution in [-0.4, -0.2) is 172 Å². The fourth-order valence-electron chi connectivity index (χ4n) is 11.8. The molecule has 0 aromatic rings. The van der Waals surface area contributed by atoms with Gasteiger partial charge in [0.2, 0.25) is 0 Å². The second kappa shape index (κ2) is 49.1. The smallest absolute Gasteiger partial charge is 0.344 e. The maximum atomic E-state index is 11.9. The standard InChI is InChI=1S/C18H30O6.C18H32O5.C16H26O6.C16H28O5.C15H26O4/c1-5-17(3,4)16(21)23-12-14(19)22-13-15(20)24-18(6-2)10-8-7-9-11-18;1-5-17(3,4)16(20)22-13-12-21-14-15(19)23-18(6-2)10-8-7-9-11-18;1-5-15(2,3)14(19)21-10-12(17)20-11-13(18)22-16(4)8-6-7-9-16;1-5-15(2,3)14(18)20-11-10-19-12-13(17)21-16(4)8-6-7-9-16;1-5-14(2,3)13(17)18-11-8-12(16)19-15(4)9-6-7-10-15/h5-13H2,1-4H3;5-14H2,1-4H3;5-11H2,1-4H3;5-12H2,1-4H3;5-11H2,1-4H3. The number of hydrogen-bond donors (Lipinski definition) is 0. The largest absolute Gasteiger partial charge is 0.465 e. The zero-order valence-corrected chi connectivity index (χ0v) is 70.6. The first-order valence-corrected chi connectivity index (χ1v) is 40.3. The Kier molecular flexibility index (Phi) is 45.3. The lowest BCUT2D eigenvalue weighted by atomic mass is 9.83. The van der Waals surface area contributed by atoms with Crippen molar-refractivity contribution in [3.05, 3.63) is 0 Å². The van der Waals surface area contributed by atoms with E-state index in [-0.39, 0.29) is 105 Å². The molecular weight excluding hydrogens is 1410 g/mol. The van der Waals surface area contributed by atoms with E-state index in [2.05, 4.69) is 6.92 Å². The molecule has 0 heterocycles. The van der Waals surface area contributed by atoms with E-state index in [1.165, 1.54) is 6.42 Å². The van der Waals surface area contributed by atoms with Crippen LogP contribution in [0, 0.1) is 27.1 Å². The second-order valence-electron chi connectivity index (χ2n) is 33.5. The molecule has 26 nitrogen and oxygen atoms in total. The lowest BCUT2D eigenvalue weighted by molar-refractivity contribution is -0.176. The molecule has 0 unspecified atom stereocenters. The highest BCUT2D eigenvalue weighted by Crippen LogP contribution is 2.38. The fourth-order valence-corrected chi connectivity index (χ4v) is 11.8. The molecule has 0 aliphatic heterocycles. The van der Waals surface area contributed by atoms with Crippen LogP contribution in [0.15, 0.2) is 0 Å². The van der Waals surface area contributed by atoms with Crippen LogP contribution in [0.25, 0.3) is 0 Å². The van der Waals surface area contributed by atoms with Crippen molar-refractivity contribution >= 4 is 71.6 Å². The number of carbonyl (C=O) groups is 12. The third-order valence-corrected chi connectivity index (χ3v) is 22.0. The Labute approximate surface area is 651 Å². The lowest BCUT2D eigenvalue weighted by Crippen LogP contribution is -2.38. The van der Waals surface area contributed by atoms with Gasteiger partial charge in [-0.3, -0.25) is 28.8 Å². The third kappa shape index (κ3) is 40.0. The van der Waals surface area contributed by atoms with Gasteiger partial charge in [-0.2, -0.15) is 0 Å². The second-order valence-corrected chi connectivity index (χ2v) is 33.5. The Morgan fingerprint density at radius 1 is 0.248 bits per heavy atom. The molecule has 5 rings (SSSR count). The summed E-state index contributed by atoms with van der Waals surface area (Å²) >= 11 is 0. The molecule has 0 N–H and O–H groups in total. The first-order chi connectivity index (χ1) is 50.9. The summed E-state index contributed by atoms with van der Waals surface area (Å²) in [5.41, 5.74) is -4.51. The summed E-state index contributed by atoms with van der Waals surface area (Å²) in [6.45, 7) is 36.2. The Hall–Kier alpha value is -6.44. The van der Waals surface area contributed by atoms with E-state index in [9.17, 15) is 57.5 Å². The highest BCUT2D eigenvalue weighted by atomic mass is 16.6. The predicted molar refractivity (Wildman–Crippen MR) is 407 cm³/mol. The first-order valence-electron chi connectivity index (χ1n) is 40.3. The Morgan fingerprint density at radius 3 is 0.761 bits per heavy atom. The molecule has 0 aromatic heterocycles. The molecule has 0 atom stereocenters. The van der Waals surface area contributed by atoms with Crippen molar-refractivity contribution in [1.82, 2.24) is 0 Å². The lowest BCUT2D eigenvalue weighted by Gasteiger charge is -2.35. The molecule has 5 aliphatic rings. The minimum Gasteiger partial charge on any atom is -0.465 e. The van der Waals surface area contributed by atoms with Crippen molar-refractivity contribution < 1.29 is 124 Å². The van der Waals surface area contributed by atoms with Gasteiger partial charge in [0.05, 0.1) is 46.7 Å². The monoisotopic (exact) mass is 1550 g/mol. The summed E-state index contributed by atoms with van der Waals surface area (Å²) in [5, 5.41) is 0. The van der Waals surface area contributed by atoms with Gasteiger partial charge in [-0.05, 0) is 263 Å². The fraction of sp³-hybridized carbons (Fsp3) is 0.855. The summed E-state index contributed by atoms with van der Waals surface area (Å²) < 4.78 is 72.7. The zero-order chi connectivity index (χ0) is 82.8. The molecule has 0 saturated heterocycles. The molecule has 0 amide bonds. The van der Waals surface area contributed by atoms with Crippen LogP contribution < -0.4 is 0 Å². The average molecular weight is 1560 g/mol. The minimum absolute atomic E-state index is 0.0868. The van der Waals surface area contributed by atoms with Crippen molar-refractivity contribution in [2.75, 3.05) is 72.7 Å².